The number of para-hydroxylation sites is 1. The number of amides is 2. The predicted octanol–water partition coefficient (Wildman–Crippen LogP) is 4.95. The van der Waals surface area contributed by atoms with Gasteiger partial charge in [0, 0.05) is 23.2 Å². The third-order valence-electron chi connectivity index (χ3n) is 5.22. The Balaban J connectivity index is 1.34. The van der Waals surface area contributed by atoms with E-state index in [2.05, 4.69) is 25.6 Å². The lowest BCUT2D eigenvalue weighted by Gasteiger charge is -2.06. The van der Waals surface area contributed by atoms with E-state index in [0.717, 1.165) is 16.3 Å². The molecule has 5 aromatic rings. The molecule has 5 rings (SSSR count). The maximum absolute atomic E-state index is 12.8. The Morgan fingerprint density at radius 3 is 2.52 bits per heavy atom. The number of hydrogen-bond acceptors (Lipinski definition) is 4. The Morgan fingerprint density at radius 1 is 0.909 bits per heavy atom. The molecule has 0 radical (unpaired) electrons. The van der Waals surface area contributed by atoms with Crippen LogP contribution in [0.15, 0.2) is 79.0 Å². The number of carbonyl (C=O) groups excluding carboxylic acids is 2. The summed E-state index contributed by atoms with van der Waals surface area (Å²) in [6, 6.07) is 21.9. The van der Waals surface area contributed by atoms with Crippen LogP contribution in [-0.2, 0) is 6.54 Å². The van der Waals surface area contributed by atoms with Crippen molar-refractivity contribution in [2.24, 2.45) is 0 Å². The van der Waals surface area contributed by atoms with Crippen LogP contribution in [-0.4, -0.2) is 26.8 Å². The van der Waals surface area contributed by atoms with E-state index in [1.54, 1.807) is 42.6 Å². The Morgan fingerprint density at radius 2 is 1.70 bits per heavy atom. The number of H-pyrrole nitrogens is 1. The molecule has 162 valence electrons. The first-order valence-electron chi connectivity index (χ1n) is 10.2. The SMILES string of the molecule is O=C(Nc1nc2cccc(C(=O)NCc3ccc(Cl)cc3)c2[nH]1)c1cc2ccccc2cn1. The van der Waals surface area contributed by atoms with Gasteiger partial charge in [0.1, 0.15) is 5.69 Å². The summed E-state index contributed by atoms with van der Waals surface area (Å²) in [5.41, 5.74) is 2.73. The number of pyridine rings is 1. The van der Waals surface area contributed by atoms with E-state index in [4.69, 9.17) is 11.6 Å². The van der Waals surface area contributed by atoms with Crippen LogP contribution in [0.3, 0.4) is 0 Å². The molecule has 0 aliphatic heterocycles. The zero-order chi connectivity index (χ0) is 22.8. The van der Waals surface area contributed by atoms with E-state index in [1.165, 1.54) is 0 Å². The van der Waals surface area contributed by atoms with Crippen LogP contribution in [0.5, 0.6) is 0 Å². The maximum atomic E-state index is 12.8. The molecule has 8 heteroatoms. The summed E-state index contributed by atoms with van der Waals surface area (Å²) in [7, 11) is 0. The van der Waals surface area contributed by atoms with Crippen molar-refractivity contribution in [1.29, 1.82) is 0 Å². The monoisotopic (exact) mass is 455 g/mol. The van der Waals surface area contributed by atoms with Gasteiger partial charge in [-0.1, -0.05) is 54.1 Å². The van der Waals surface area contributed by atoms with Crippen molar-refractivity contribution in [2.75, 3.05) is 5.32 Å². The lowest BCUT2D eigenvalue weighted by atomic mass is 10.1. The first-order valence-corrected chi connectivity index (χ1v) is 10.6. The quantitative estimate of drug-likeness (QED) is 0.349. The first kappa shape index (κ1) is 20.7. The molecule has 0 fully saturated rings. The average Bonchev–Trinajstić information content (AvgIpc) is 3.25. The fraction of sp³-hybridized carbons (Fsp3) is 0.0400. The van der Waals surface area contributed by atoms with Gasteiger partial charge in [-0.15, -0.1) is 0 Å². The highest BCUT2D eigenvalue weighted by Crippen LogP contribution is 2.20. The third kappa shape index (κ3) is 4.40. The van der Waals surface area contributed by atoms with Gasteiger partial charge in [-0.25, -0.2) is 4.98 Å². The van der Waals surface area contributed by atoms with Crippen molar-refractivity contribution in [1.82, 2.24) is 20.3 Å². The minimum atomic E-state index is -0.395. The topological polar surface area (TPSA) is 99.8 Å². The van der Waals surface area contributed by atoms with Crippen LogP contribution in [0.4, 0.5) is 5.95 Å². The molecule has 0 aliphatic carbocycles. The van der Waals surface area contributed by atoms with Gasteiger partial charge in [-0.2, -0.15) is 0 Å². The van der Waals surface area contributed by atoms with E-state index >= 15 is 0 Å². The van der Waals surface area contributed by atoms with Gasteiger partial charge >= 0.3 is 0 Å². The van der Waals surface area contributed by atoms with Crippen LogP contribution in [0, 0.1) is 0 Å². The van der Waals surface area contributed by atoms with Gasteiger partial charge in [-0.3, -0.25) is 19.9 Å². The van der Waals surface area contributed by atoms with Crippen molar-refractivity contribution < 1.29 is 9.59 Å². The number of benzene rings is 3. The van der Waals surface area contributed by atoms with Crippen LogP contribution in [0.1, 0.15) is 26.4 Å². The number of anilines is 1. The van der Waals surface area contributed by atoms with E-state index < -0.39 is 5.91 Å². The van der Waals surface area contributed by atoms with Gasteiger partial charge in [0.15, 0.2) is 0 Å². The Kier molecular flexibility index (Phi) is 5.46. The molecule has 2 aromatic heterocycles. The number of halogens is 1. The summed E-state index contributed by atoms with van der Waals surface area (Å²) >= 11 is 5.91. The second kappa shape index (κ2) is 8.72. The lowest BCUT2D eigenvalue weighted by Crippen LogP contribution is -2.23. The minimum Gasteiger partial charge on any atom is -0.348 e. The lowest BCUT2D eigenvalue weighted by molar-refractivity contribution is 0.0951. The average molecular weight is 456 g/mol. The summed E-state index contributed by atoms with van der Waals surface area (Å²) in [6.45, 7) is 0.359. The summed E-state index contributed by atoms with van der Waals surface area (Å²) < 4.78 is 0. The second-order valence-electron chi connectivity index (χ2n) is 7.47. The third-order valence-corrected chi connectivity index (χ3v) is 5.48. The summed E-state index contributed by atoms with van der Waals surface area (Å²) in [4.78, 5) is 37.2. The molecular weight excluding hydrogens is 438 g/mol. The highest BCUT2D eigenvalue weighted by Gasteiger charge is 2.16. The molecular formula is C25H18ClN5O2. The Bertz CT molecular complexity index is 1490. The number of hydrogen-bond donors (Lipinski definition) is 3. The molecule has 2 heterocycles. The molecule has 0 saturated heterocycles. The zero-order valence-electron chi connectivity index (χ0n) is 17.3. The van der Waals surface area contributed by atoms with Crippen LogP contribution in [0.25, 0.3) is 21.8 Å². The predicted molar refractivity (Wildman–Crippen MR) is 128 cm³/mol. The number of rotatable bonds is 5. The molecule has 33 heavy (non-hydrogen) atoms. The molecule has 3 aromatic carbocycles. The van der Waals surface area contributed by atoms with Gasteiger partial charge in [0.2, 0.25) is 5.95 Å². The fourth-order valence-electron chi connectivity index (χ4n) is 3.54. The molecule has 0 bridgehead atoms. The van der Waals surface area contributed by atoms with E-state index in [-0.39, 0.29) is 17.5 Å². The van der Waals surface area contributed by atoms with Gasteiger partial charge in [0.25, 0.3) is 11.8 Å². The first-order chi connectivity index (χ1) is 16.1. The van der Waals surface area contributed by atoms with E-state index in [0.29, 0.717) is 28.2 Å². The van der Waals surface area contributed by atoms with Crippen LogP contribution >= 0.6 is 11.6 Å². The van der Waals surface area contributed by atoms with Crippen molar-refractivity contribution in [2.45, 2.75) is 6.54 Å². The highest BCUT2D eigenvalue weighted by atomic mass is 35.5. The van der Waals surface area contributed by atoms with Crippen molar-refractivity contribution >= 4 is 51.2 Å². The van der Waals surface area contributed by atoms with E-state index in [9.17, 15) is 9.59 Å². The smallest absolute Gasteiger partial charge is 0.276 e. The Labute approximate surface area is 193 Å². The number of nitrogens with one attached hydrogen (secondary N) is 3. The highest BCUT2D eigenvalue weighted by molar-refractivity contribution is 6.30. The number of carbonyl (C=O) groups is 2. The van der Waals surface area contributed by atoms with Gasteiger partial charge in [0.05, 0.1) is 16.6 Å². The minimum absolute atomic E-state index is 0.239. The van der Waals surface area contributed by atoms with Gasteiger partial charge in [-0.05, 0) is 41.3 Å². The molecule has 2 amide bonds. The fourth-order valence-corrected chi connectivity index (χ4v) is 3.67. The van der Waals surface area contributed by atoms with Gasteiger partial charge < -0.3 is 10.3 Å². The number of fused-ring (bicyclic) bond motifs is 2. The summed E-state index contributed by atoms with van der Waals surface area (Å²) in [5, 5.41) is 8.13. The summed E-state index contributed by atoms with van der Waals surface area (Å²) in [6.07, 6.45) is 1.66. The maximum Gasteiger partial charge on any atom is 0.276 e. The molecule has 0 atom stereocenters. The van der Waals surface area contributed by atoms with Crippen molar-refractivity contribution in [3.63, 3.8) is 0 Å². The number of nitrogens with zero attached hydrogens (tertiary/aromatic N) is 2. The molecule has 0 unspecified atom stereocenters. The largest absolute Gasteiger partial charge is 0.348 e. The zero-order valence-corrected chi connectivity index (χ0v) is 18.1. The molecule has 7 nitrogen and oxygen atoms in total. The van der Waals surface area contributed by atoms with Crippen molar-refractivity contribution in [3.8, 4) is 0 Å². The van der Waals surface area contributed by atoms with Crippen LogP contribution < -0.4 is 10.6 Å². The normalized spacial score (nSPS) is 10.9. The molecule has 0 aliphatic rings. The summed E-state index contributed by atoms with van der Waals surface area (Å²) in [5.74, 6) is -0.412. The van der Waals surface area contributed by atoms with E-state index in [1.807, 2.05) is 36.4 Å². The number of aromatic amines is 1. The van der Waals surface area contributed by atoms with Crippen molar-refractivity contribution in [3.05, 3.63) is 101 Å². The second-order valence-corrected chi connectivity index (χ2v) is 7.90. The van der Waals surface area contributed by atoms with Crippen LogP contribution in [0.2, 0.25) is 5.02 Å². The Hall–Kier alpha value is -4.23. The number of imidazole rings is 1. The molecule has 0 spiro atoms. The molecule has 3 N–H and O–H groups in total. The molecule has 0 saturated carbocycles. The standard InChI is InChI=1S/C25H18ClN5O2/c26-18-10-8-15(9-11-18)13-28-23(32)19-6-3-7-20-22(19)30-25(29-20)31-24(33)21-12-16-4-1-2-5-17(16)14-27-21/h1-12,14H,13H2,(H,28,32)(H2,29,30,31,33). The number of aromatic nitrogens is 3.